The van der Waals surface area contributed by atoms with Crippen molar-refractivity contribution in [2.24, 2.45) is 0 Å². The van der Waals surface area contributed by atoms with Gasteiger partial charge in [0.15, 0.2) is 0 Å². The van der Waals surface area contributed by atoms with E-state index in [1.165, 1.54) is 7.05 Å². The Morgan fingerprint density at radius 3 is 2.52 bits per heavy atom. The molecule has 0 saturated carbocycles. The van der Waals surface area contributed by atoms with Crippen LogP contribution in [0.25, 0.3) is 16.6 Å². The third-order valence-electron chi connectivity index (χ3n) is 3.68. The molecule has 2 aromatic heterocycles. The van der Waals surface area contributed by atoms with E-state index in [2.05, 4.69) is 20.1 Å². The van der Waals surface area contributed by atoms with E-state index in [1.807, 2.05) is 4.98 Å². The van der Waals surface area contributed by atoms with Crippen LogP contribution >= 0.6 is 0 Å². The van der Waals surface area contributed by atoms with E-state index in [0.717, 1.165) is 12.4 Å². The second-order valence-electron chi connectivity index (χ2n) is 5.96. The summed E-state index contributed by atoms with van der Waals surface area (Å²) < 4.78 is 68.9. The van der Waals surface area contributed by atoms with E-state index in [4.69, 9.17) is 0 Å². The van der Waals surface area contributed by atoms with E-state index in [9.17, 15) is 36.0 Å². The molecule has 2 heterocycles. The molecule has 3 N–H and O–H groups in total. The molecule has 0 bridgehead atoms. The molecule has 0 unspecified atom stereocenters. The smallest absolute Gasteiger partial charge is 0.373 e. The number of carbonyl (C=O) groups is 1. The third kappa shape index (κ3) is 4.49. The van der Waals surface area contributed by atoms with Gasteiger partial charge in [-0.2, -0.15) is 22.8 Å². The summed E-state index contributed by atoms with van der Waals surface area (Å²) in [7, 11) is -2.83. The highest BCUT2D eigenvalue weighted by atomic mass is 32.2. The molecule has 0 atom stereocenters. The number of amides is 1. The lowest BCUT2D eigenvalue weighted by molar-refractivity contribution is -0.137. The number of nitrogens with zero attached hydrogens (tertiary/aromatic N) is 4. The molecule has 3 rings (SSSR count). The number of aromatic nitrogens is 5. The van der Waals surface area contributed by atoms with Crippen molar-refractivity contribution in [3.05, 3.63) is 44.9 Å². The van der Waals surface area contributed by atoms with Crippen LogP contribution < -0.4 is 26.1 Å². The molecule has 0 spiro atoms. The Balaban J connectivity index is 2.28. The van der Waals surface area contributed by atoms with Crippen LogP contribution in [0, 0.1) is 0 Å². The minimum atomic E-state index is -4.95. The number of carbonyl (C=O) groups excluding carboxylic acids is 1. The fourth-order valence-electron chi connectivity index (χ4n) is 2.46. The third-order valence-corrected chi connectivity index (χ3v) is 4.20. The van der Waals surface area contributed by atoms with Crippen molar-refractivity contribution in [2.75, 3.05) is 18.1 Å². The van der Waals surface area contributed by atoms with E-state index in [0.29, 0.717) is 17.0 Å². The highest BCUT2D eigenvalue weighted by molar-refractivity contribution is 7.91. The average molecular weight is 463 g/mol. The first-order chi connectivity index (χ1) is 14.3. The Hall–Kier alpha value is -3.89. The van der Waals surface area contributed by atoms with Gasteiger partial charge in [0.2, 0.25) is 10.0 Å². The highest BCUT2D eigenvalue weighted by Gasteiger charge is 2.35. The molecule has 0 aliphatic rings. The minimum Gasteiger partial charge on any atom is -0.373 e. The first-order valence-electron chi connectivity index (χ1n) is 8.00. The Morgan fingerprint density at radius 1 is 1.26 bits per heavy atom. The molecule has 1 aromatic carbocycles. The summed E-state index contributed by atoms with van der Waals surface area (Å²) in [5, 5.41) is 5.23. The van der Waals surface area contributed by atoms with Crippen molar-refractivity contribution >= 4 is 27.0 Å². The van der Waals surface area contributed by atoms with Crippen LogP contribution in [0.2, 0.25) is 0 Å². The lowest BCUT2D eigenvalue weighted by atomic mass is 10.1. The van der Waals surface area contributed by atoms with Gasteiger partial charge >= 0.3 is 24.0 Å². The van der Waals surface area contributed by atoms with Crippen molar-refractivity contribution < 1.29 is 31.1 Å². The predicted molar refractivity (Wildman–Crippen MR) is 98.0 cm³/mol. The standard InChI is InChI=1S/C14H12F3N7O6S/c1-18-13(27)30-11-19-5-23(21-11)9-3-6-8(4-7(9)14(15,16)17)20-12(26)24(10(6)25)22-31(2,28)29/h3-5,22H,1-2H3,(H,18,27)(H,20,26). The van der Waals surface area contributed by atoms with Crippen molar-refractivity contribution in [1.82, 2.24) is 29.7 Å². The van der Waals surface area contributed by atoms with Crippen LogP contribution in [0.4, 0.5) is 18.0 Å². The maximum Gasteiger partial charge on any atom is 0.418 e. The summed E-state index contributed by atoms with van der Waals surface area (Å²) in [6.07, 6.45) is -4.45. The number of aromatic amines is 1. The molecule has 0 radical (unpaired) electrons. The van der Waals surface area contributed by atoms with Gasteiger partial charge in [-0.1, -0.05) is 0 Å². The molecule has 31 heavy (non-hydrogen) atoms. The number of ether oxygens (including phenoxy) is 1. The van der Waals surface area contributed by atoms with Crippen molar-refractivity contribution in [1.29, 1.82) is 0 Å². The maximum absolute atomic E-state index is 13.6. The molecule has 13 nitrogen and oxygen atoms in total. The van der Waals surface area contributed by atoms with Gasteiger partial charge in [0.25, 0.3) is 5.56 Å². The van der Waals surface area contributed by atoms with Crippen molar-refractivity contribution in [3.63, 3.8) is 0 Å². The SMILES string of the molecule is CNC(=O)Oc1ncn(-c2cc3c(=O)n(NS(C)(=O)=O)c(=O)[nH]c3cc2C(F)(F)F)n1. The largest absolute Gasteiger partial charge is 0.418 e. The number of benzene rings is 1. The van der Waals surface area contributed by atoms with E-state index >= 15 is 0 Å². The number of hydrogen-bond acceptors (Lipinski definition) is 8. The molecule has 0 aliphatic carbocycles. The zero-order chi connectivity index (χ0) is 23.1. The molecule has 3 aromatic rings. The van der Waals surface area contributed by atoms with Gasteiger partial charge in [0, 0.05) is 7.05 Å². The molecule has 0 fully saturated rings. The van der Waals surface area contributed by atoms with E-state index in [1.54, 1.807) is 4.83 Å². The molecule has 0 aliphatic heterocycles. The van der Waals surface area contributed by atoms with Crippen molar-refractivity contribution in [2.45, 2.75) is 6.18 Å². The predicted octanol–water partition coefficient (Wildman–Crippen LogP) is -0.489. The molecular weight excluding hydrogens is 451 g/mol. The second-order valence-corrected chi connectivity index (χ2v) is 7.69. The fraction of sp³-hybridized carbons (Fsp3) is 0.214. The number of H-pyrrole nitrogens is 1. The number of rotatable bonds is 4. The summed E-state index contributed by atoms with van der Waals surface area (Å²) in [6, 6.07) is 0.638. The maximum atomic E-state index is 13.6. The Morgan fingerprint density at radius 2 is 1.94 bits per heavy atom. The number of hydrogen-bond donors (Lipinski definition) is 3. The van der Waals surface area contributed by atoms with Gasteiger partial charge in [0.05, 0.1) is 28.4 Å². The quantitative estimate of drug-likeness (QED) is 0.465. The zero-order valence-corrected chi connectivity index (χ0v) is 16.3. The second kappa shape index (κ2) is 7.42. The number of nitrogens with one attached hydrogen (secondary N) is 3. The van der Waals surface area contributed by atoms with E-state index in [-0.39, 0.29) is 4.68 Å². The number of halogens is 3. The first kappa shape index (κ1) is 21.8. The van der Waals surface area contributed by atoms with Crippen LogP contribution in [0.5, 0.6) is 6.01 Å². The molecule has 1 amide bonds. The average Bonchev–Trinajstić information content (AvgIpc) is 3.11. The zero-order valence-electron chi connectivity index (χ0n) is 15.5. The summed E-state index contributed by atoms with van der Waals surface area (Å²) in [5.74, 6) is 0. The van der Waals surface area contributed by atoms with Gasteiger partial charge in [-0.15, -0.1) is 5.10 Å². The lowest BCUT2D eigenvalue weighted by Gasteiger charge is -2.14. The molecule has 17 heteroatoms. The van der Waals surface area contributed by atoms with Crippen LogP contribution in [-0.2, 0) is 16.2 Å². The number of fused-ring (bicyclic) bond motifs is 1. The van der Waals surface area contributed by atoms with Gasteiger partial charge < -0.3 is 15.0 Å². The number of alkyl halides is 3. The van der Waals surface area contributed by atoms with Crippen LogP contribution in [0.1, 0.15) is 5.56 Å². The Labute approximate surface area is 169 Å². The topological polar surface area (TPSA) is 170 Å². The fourth-order valence-corrected chi connectivity index (χ4v) is 2.96. The molecular formula is C14H12F3N7O6S. The molecule has 0 saturated heterocycles. The normalized spacial score (nSPS) is 12.0. The monoisotopic (exact) mass is 463 g/mol. The summed E-state index contributed by atoms with van der Waals surface area (Å²) in [4.78, 5) is 43.0. The van der Waals surface area contributed by atoms with Crippen LogP contribution in [-0.4, -0.2) is 52.2 Å². The first-order valence-corrected chi connectivity index (χ1v) is 9.89. The summed E-state index contributed by atoms with van der Waals surface area (Å²) >= 11 is 0. The van der Waals surface area contributed by atoms with Gasteiger partial charge in [-0.25, -0.2) is 27.5 Å². The van der Waals surface area contributed by atoms with Crippen LogP contribution in [0.3, 0.4) is 0 Å². The minimum absolute atomic E-state index is 0.0934. The summed E-state index contributed by atoms with van der Waals surface area (Å²) in [5.41, 5.74) is -5.04. The highest BCUT2D eigenvalue weighted by Crippen LogP contribution is 2.35. The Bertz CT molecular complexity index is 1410. The summed E-state index contributed by atoms with van der Waals surface area (Å²) in [6.45, 7) is 0. The lowest BCUT2D eigenvalue weighted by Crippen LogP contribution is -2.43. The van der Waals surface area contributed by atoms with Gasteiger partial charge in [-0.3, -0.25) is 4.79 Å². The van der Waals surface area contributed by atoms with Gasteiger partial charge in [-0.05, 0) is 12.1 Å². The Kier molecular flexibility index (Phi) is 5.22. The van der Waals surface area contributed by atoms with E-state index < -0.39 is 61.7 Å². The number of sulfonamides is 1. The van der Waals surface area contributed by atoms with Crippen LogP contribution in [0.15, 0.2) is 28.0 Å². The molecule has 166 valence electrons. The van der Waals surface area contributed by atoms with Crippen molar-refractivity contribution in [3.8, 4) is 11.7 Å². The van der Waals surface area contributed by atoms with Gasteiger partial charge in [0.1, 0.15) is 6.33 Å².